The summed E-state index contributed by atoms with van der Waals surface area (Å²) in [6.45, 7) is 3.93. The van der Waals surface area contributed by atoms with Gasteiger partial charge in [-0.3, -0.25) is 18.6 Å². The Morgan fingerprint density at radius 3 is 1.73 bits per heavy atom. The van der Waals surface area contributed by atoms with E-state index in [0.717, 1.165) is 25.7 Å². The summed E-state index contributed by atoms with van der Waals surface area (Å²) < 4.78 is 34.1. The van der Waals surface area contributed by atoms with Crippen molar-refractivity contribution in [3.8, 4) is 0 Å². The van der Waals surface area contributed by atoms with Crippen molar-refractivity contribution in [2.45, 2.75) is 148 Å². The number of hydrogen-bond acceptors (Lipinski definition) is 9. The fourth-order valence-electron chi connectivity index (χ4n) is 5.35. The maximum absolute atomic E-state index is 12.7. The Balaban J connectivity index is 4.67. The van der Waals surface area contributed by atoms with Gasteiger partial charge in [0.1, 0.15) is 19.8 Å². The fourth-order valence-corrected chi connectivity index (χ4v) is 6.09. The molecular formula is C50H83NO10P+. The number of ether oxygens (including phenoxy) is 2. The maximum atomic E-state index is 12.7. The van der Waals surface area contributed by atoms with Crippen molar-refractivity contribution in [2.24, 2.45) is 0 Å². The molecular weight excluding hydrogens is 806 g/mol. The van der Waals surface area contributed by atoms with Gasteiger partial charge < -0.3 is 29.1 Å². The van der Waals surface area contributed by atoms with Crippen LogP contribution >= 0.6 is 7.82 Å². The number of rotatable bonds is 39. The fraction of sp³-hybridized carbons (Fsp3) is 0.600. The normalized spacial score (nSPS) is 15.5. The first kappa shape index (κ1) is 58.6. The zero-order valence-electron chi connectivity index (χ0n) is 38.8. The van der Waals surface area contributed by atoms with Crippen LogP contribution in [0.1, 0.15) is 129 Å². The summed E-state index contributed by atoms with van der Waals surface area (Å²) in [6, 6.07) is 0. The van der Waals surface area contributed by atoms with Gasteiger partial charge in [-0.2, -0.15) is 0 Å². The molecule has 1 unspecified atom stereocenters. The second-order valence-electron chi connectivity index (χ2n) is 16.1. The highest BCUT2D eigenvalue weighted by Gasteiger charge is 2.27. The molecule has 0 spiro atoms. The molecule has 11 nitrogen and oxygen atoms in total. The van der Waals surface area contributed by atoms with Crippen molar-refractivity contribution in [3.63, 3.8) is 0 Å². The van der Waals surface area contributed by atoms with Gasteiger partial charge in [0, 0.05) is 12.8 Å². The number of carbonyl (C=O) groups excluding carboxylic acids is 2. The molecule has 4 atom stereocenters. The number of esters is 2. The van der Waals surface area contributed by atoms with E-state index < -0.39 is 44.7 Å². The van der Waals surface area contributed by atoms with Crippen LogP contribution in [-0.4, -0.2) is 97.3 Å². The molecule has 0 aromatic heterocycles. The molecule has 0 aromatic rings. The van der Waals surface area contributed by atoms with E-state index in [-0.39, 0.29) is 26.1 Å². The molecule has 0 saturated heterocycles. The summed E-state index contributed by atoms with van der Waals surface area (Å²) >= 11 is 0. The summed E-state index contributed by atoms with van der Waals surface area (Å²) in [6.07, 6.45) is 48.0. The summed E-state index contributed by atoms with van der Waals surface area (Å²) in [7, 11) is 1.32. The summed E-state index contributed by atoms with van der Waals surface area (Å²) in [5.41, 5.74) is 0. The highest BCUT2D eigenvalue weighted by Crippen LogP contribution is 2.43. The van der Waals surface area contributed by atoms with E-state index in [2.05, 4.69) is 37.3 Å². The van der Waals surface area contributed by atoms with Gasteiger partial charge >= 0.3 is 19.8 Å². The molecule has 0 heterocycles. The largest absolute Gasteiger partial charge is 0.472 e. The number of allylic oxidation sites excluding steroid dienone is 14. The van der Waals surface area contributed by atoms with Gasteiger partial charge in [-0.15, -0.1) is 0 Å². The SMILES string of the molecule is CC/C=C\C[C@@H](O)/C=C/C=C\C=C\[C@@H](O)C/C=C\C/C=C\CCC(=O)OC[C@H](COP(=O)(O)OCC[N+](C)(C)C)OC(=O)CCC/C=C\C/C=C\C/C=C\CCCCCCCC. The minimum absolute atomic E-state index is 0.0133. The average molecular weight is 889 g/mol. The monoisotopic (exact) mass is 889 g/mol. The van der Waals surface area contributed by atoms with Gasteiger partial charge in [-0.25, -0.2) is 4.57 Å². The standard InChI is InChI=1S/C50H82NO10P/c1-6-8-10-11-12-13-14-15-16-17-18-19-20-21-22-27-35-41-50(55)61-48(45-60-62(56,57)59-43-42-51(3,4)5)44-58-49(54)40-34-26-24-23-25-31-37-47(53)39-33-29-28-32-38-46(52)36-30-9-7-2/h9,15-16,18-19,21-22,24-26,28-33,38-39,46-48,52-53H,6-8,10-14,17,20,23,27,34-37,40-45H2,1-5H3/p+1/b16-15-,19-18-,22-21-,26-24-,29-28-,30-9-,31-25-,38-32+,39-33+/t46-,47+,48-/m1/s1. The predicted molar refractivity (Wildman–Crippen MR) is 254 cm³/mol. The first-order valence-corrected chi connectivity index (χ1v) is 24.3. The van der Waals surface area contributed by atoms with E-state index in [9.17, 15) is 29.3 Å². The Morgan fingerprint density at radius 1 is 0.597 bits per heavy atom. The van der Waals surface area contributed by atoms with Crippen molar-refractivity contribution in [2.75, 3.05) is 47.5 Å². The van der Waals surface area contributed by atoms with Crippen molar-refractivity contribution in [3.05, 3.63) is 109 Å². The molecule has 0 rings (SSSR count). The summed E-state index contributed by atoms with van der Waals surface area (Å²) in [4.78, 5) is 35.4. The van der Waals surface area contributed by atoms with E-state index in [1.54, 1.807) is 36.5 Å². The molecule has 0 aliphatic carbocycles. The lowest BCUT2D eigenvalue weighted by Crippen LogP contribution is -2.37. The molecule has 0 aliphatic rings. The molecule has 0 aromatic carbocycles. The van der Waals surface area contributed by atoms with Crippen molar-refractivity contribution < 1.29 is 52.3 Å². The summed E-state index contributed by atoms with van der Waals surface area (Å²) in [5, 5.41) is 20.0. The number of aliphatic hydroxyl groups is 2. The third kappa shape index (κ3) is 43.2. The molecule has 352 valence electrons. The van der Waals surface area contributed by atoms with Gasteiger partial charge in [0.25, 0.3) is 0 Å². The Kier molecular flexibility index (Phi) is 38.1. The number of phosphoric acid groups is 1. The minimum Gasteiger partial charge on any atom is -0.462 e. The molecule has 62 heavy (non-hydrogen) atoms. The molecule has 0 aliphatic heterocycles. The third-order valence-corrected chi connectivity index (χ3v) is 9.95. The Labute approximate surface area is 375 Å². The Morgan fingerprint density at radius 2 is 1.13 bits per heavy atom. The van der Waals surface area contributed by atoms with E-state index in [4.69, 9.17) is 18.5 Å². The Bertz CT molecular complexity index is 1450. The van der Waals surface area contributed by atoms with Crippen LogP contribution in [-0.2, 0) is 32.7 Å². The van der Waals surface area contributed by atoms with Crippen LogP contribution in [0, 0.1) is 0 Å². The number of phosphoric ester groups is 1. The smallest absolute Gasteiger partial charge is 0.462 e. The van der Waals surface area contributed by atoms with Crippen LogP contribution in [0.3, 0.4) is 0 Å². The van der Waals surface area contributed by atoms with Crippen LogP contribution in [0.15, 0.2) is 109 Å². The predicted octanol–water partition coefficient (Wildman–Crippen LogP) is 11.1. The Hall–Kier alpha value is -3.41. The topological polar surface area (TPSA) is 149 Å². The highest BCUT2D eigenvalue weighted by molar-refractivity contribution is 7.47. The molecule has 0 fully saturated rings. The highest BCUT2D eigenvalue weighted by atomic mass is 31.2. The number of likely N-dealkylation sites (N-methyl/N-ethyl adjacent to an activating group) is 1. The second-order valence-corrected chi connectivity index (χ2v) is 17.6. The van der Waals surface area contributed by atoms with Gasteiger partial charge in [0.15, 0.2) is 6.10 Å². The zero-order valence-corrected chi connectivity index (χ0v) is 39.7. The molecule has 12 heteroatoms. The van der Waals surface area contributed by atoms with Crippen LogP contribution in [0.25, 0.3) is 0 Å². The quantitative estimate of drug-likeness (QED) is 0.0136. The van der Waals surface area contributed by atoms with Crippen LogP contribution in [0.5, 0.6) is 0 Å². The number of quaternary nitrogens is 1. The number of carbonyl (C=O) groups is 2. The number of unbranched alkanes of at least 4 members (excludes halogenated alkanes) is 7. The van der Waals surface area contributed by atoms with E-state index >= 15 is 0 Å². The number of nitrogens with zero attached hydrogens (tertiary/aromatic N) is 1. The number of hydrogen-bond donors (Lipinski definition) is 3. The van der Waals surface area contributed by atoms with Crippen molar-refractivity contribution in [1.82, 2.24) is 0 Å². The first-order chi connectivity index (χ1) is 29.8. The van der Waals surface area contributed by atoms with Crippen LogP contribution in [0.2, 0.25) is 0 Å². The van der Waals surface area contributed by atoms with E-state index in [1.165, 1.54) is 38.5 Å². The minimum atomic E-state index is -4.44. The van der Waals surface area contributed by atoms with Crippen LogP contribution in [0.4, 0.5) is 0 Å². The van der Waals surface area contributed by atoms with E-state index in [0.29, 0.717) is 49.6 Å². The first-order valence-electron chi connectivity index (χ1n) is 22.8. The van der Waals surface area contributed by atoms with Gasteiger partial charge in [-0.05, 0) is 70.6 Å². The molecule has 0 radical (unpaired) electrons. The third-order valence-electron chi connectivity index (χ3n) is 8.97. The lowest BCUT2D eigenvalue weighted by atomic mass is 10.1. The summed E-state index contributed by atoms with van der Waals surface area (Å²) in [5.74, 6) is -1.04. The van der Waals surface area contributed by atoms with Crippen molar-refractivity contribution in [1.29, 1.82) is 0 Å². The zero-order chi connectivity index (χ0) is 46.0. The second kappa shape index (κ2) is 40.4. The lowest BCUT2D eigenvalue weighted by molar-refractivity contribution is -0.870. The van der Waals surface area contributed by atoms with Crippen molar-refractivity contribution >= 4 is 19.8 Å². The van der Waals surface area contributed by atoms with E-state index in [1.807, 2.05) is 70.6 Å². The molecule has 0 amide bonds. The van der Waals surface area contributed by atoms with Crippen LogP contribution < -0.4 is 0 Å². The maximum Gasteiger partial charge on any atom is 0.472 e. The van der Waals surface area contributed by atoms with Gasteiger partial charge in [0.05, 0.1) is 40.0 Å². The molecule has 0 bridgehead atoms. The average Bonchev–Trinajstić information content (AvgIpc) is 3.21. The number of aliphatic hydroxyl groups excluding tert-OH is 2. The van der Waals surface area contributed by atoms with Gasteiger partial charge in [-0.1, -0.05) is 155 Å². The molecule has 0 saturated carbocycles. The van der Waals surface area contributed by atoms with Gasteiger partial charge in [0.2, 0.25) is 0 Å². The lowest BCUT2D eigenvalue weighted by Gasteiger charge is -2.24. The molecule has 3 N–H and O–H groups in total.